The van der Waals surface area contributed by atoms with Crippen LogP contribution in [-0.4, -0.2) is 30.9 Å². The van der Waals surface area contributed by atoms with Crippen molar-refractivity contribution in [3.05, 3.63) is 70.8 Å². The van der Waals surface area contributed by atoms with Crippen molar-refractivity contribution in [2.75, 3.05) is 14.2 Å². The van der Waals surface area contributed by atoms with Crippen LogP contribution in [0.4, 0.5) is 0 Å². The zero-order valence-corrected chi connectivity index (χ0v) is 12.9. The number of amides is 1. The summed E-state index contributed by atoms with van der Waals surface area (Å²) in [6.45, 7) is 0.417. The molecule has 0 aromatic heterocycles. The van der Waals surface area contributed by atoms with Crippen LogP contribution in [0.1, 0.15) is 31.8 Å². The van der Waals surface area contributed by atoms with E-state index in [1.807, 2.05) is 6.07 Å². The molecule has 2 rings (SSSR count). The molecule has 0 bridgehead atoms. The number of nitrogens with zero attached hydrogens (tertiary/aromatic N) is 2. The standard InChI is InChI=1S/C18H16N2O3/c1-20(17(21)15-7-3-13(11-19)4-8-15)12-14-5-9-16(10-6-14)18(22)23-2/h3-10H,12H2,1-2H3. The van der Waals surface area contributed by atoms with Crippen molar-refractivity contribution in [1.29, 1.82) is 5.26 Å². The molecule has 0 atom stereocenters. The number of nitriles is 1. The predicted octanol–water partition coefficient (Wildman–Crippen LogP) is 2.62. The summed E-state index contributed by atoms with van der Waals surface area (Å²) >= 11 is 0. The quantitative estimate of drug-likeness (QED) is 0.814. The van der Waals surface area contributed by atoms with Gasteiger partial charge in [0.15, 0.2) is 0 Å². The average molecular weight is 308 g/mol. The maximum Gasteiger partial charge on any atom is 0.337 e. The number of carbonyl (C=O) groups is 2. The fourth-order valence-corrected chi connectivity index (χ4v) is 2.12. The molecule has 1 amide bonds. The molecule has 2 aromatic carbocycles. The maximum atomic E-state index is 12.3. The number of methoxy groups -OCH3 is 1. The van der Waals surface area contributed by atoms with E-state index in [1.165, 1.54) is 7.11 Å². The van der Waals surface area contributed by atoms with Gasteiger partial charge in [0.05, 0.1) is 24.3 Å². The van der Waals surface area contributed by atoms with Gasteiger partial charge in [-0.2, -0.15) is 5.26 Å². The number of carbonyl (C=O) groups excluding carboxylic acids is 2. The summed E-state index contributed by atoms with van der Waals surface area (Å²) in [7, 11) is 3.04. The normalized spacial score (nSPS) is 9.78. The van der Waals surface area contributed by atoms with Crippen molar-refractivity contribution in [3.8, 4) is 6.07 Å². The van der Waals surface area contributed by atoms with Gasteiger partial charge in [0.1, 0.15) is 0 Å². The Morgan fingerprint density at radius 2 is 1.61 bits per heavy atom. The van der Waals surface area contributed by atoms with E-state index in [4.69, 9.17) is 5.26 Å². The van der Waals surface area contributed by atoms with Crippen molar-refractivity contribution in [3.63, 3.8) is 0 Å². The number of hydrogen-bond acceptors (Lipinski definition) is 4. The van der Waals surface area contributed by atoms with Crippen molar-refractivity contribution in [1.82, 2.24) is 4.90 Å². The lowest BCUT2D eigenvalue weighted by Gasteiger charge is -2.17. The van der Waals surface area contributed by atoms with Crippen LogP contribution in [0, 0.1) is 11.3 Å². The van der Waals surface area contributed by atoms with Crippen LogP contribution in [0.2, 0.25) is 0 Å². The molecular formula is C18H16N2O3. The summed E-state index contributed by atoms with van der Waals surface area (Å²) in [6.07, 6.45) is 0. The van der Waals surface area contributed by atoms with Gasteiger partial charge in [0.2, 0.25) is 0 Å². The molecule has 5 heteroatoms. The number of esters is 1. The number of ether oxygens (including phenoxy) is 1. The highest BCUT2D eigenvalue weighted by Gasteiger charge is 2.12. The van der Waals surface area contributed by atoms with Crippen LogP contribution >= 0.6 is 0 Å². The molecule has 0 heterocycles. The number of rotatable bonds is 4. The minimum Gasteiger partial charge on any atom is -0.465 e. The lowest BCUT2D eigenvalue weighted by molar-refractivity contribution is 0.0600. The smallest absolute Gasteiger partial charge is 0.337 e. The Balaban J connectivity index is 2.05. The first-order valence-corrected chi connectivity index (χ1v) is 6.98. The molecule has 0 aliphatic carbocycles. The first-order valence-electron chi connectivity index (χ1n) is 6.98. The number of benzene rings is 2. The van der Waals surface area contributed by atoms with E-state index in [2.05, 4.69) is 4.74 Å². The second kappa shape index (κ2) is 7.23. The molecule has 0 radical (unpaired) electrons. The fraction of sp³-hybridized carbons (Fsp3) is 0.167. The second-order valence-corrected chi connectivity index (χ2v) is 5.04. The van der Waals surface area contributed by atoms with Gasteiger partial charge in [-0.25, -0.2) is 4.79 Å². The summed E-state index contributed by atoms with van der Waals surface area (Å²) in [6, 6.07) is 15.4. The highest BCUT2D eigenvalue weighted by molar-refractivity contribution is 5.94. The molecule has 116 valence electrons. The molecular weight excluding hydrogens is 292 g/mol. The van der Waals surface area contributed by atoms with Gasteiger partial charge in [0, 0.05) is 19.2 Å². The van der Waals surface area contributed by atoms with E-state index >= 15 is 0 Å². The van der Waals surface area contributed by atoms with Crippen LogP contribution in [0.5, 0.6) is 0 Å². The summed E-state index contributed by atoms with van der Waals surface area (Å²) in [5.41, 5.74) is 2.42. The molecule has 0 aliphatic heterocycles. The van der Waals surface area contributed by atoms with E-state index in [1.54, 1.807) is 60.5 Å². The van der Waals surface area contributed by atoms with Crippen LogP contribution in [0.3, 0.4) is 0 Å². The predicted molar refractivity (Wildman–Crippen MR) is 84.7 cm³/mol. The average Bonchev–Trinajstić information content (AvgIpc) is 2.61. The molecule has 2 aromatic rings. The minimum atomic E-state index is -0.390. The SMILES string of the molecule is COC(=O)c1ccc(CN(C)C(=O)c2ccc(C#N)cc2)cc1. The first-order chi connectivity index (χ1) is 11.0. The molecule has 0 saturated carbocycles. The van der Waals surface area contributed by atoms with Gasteiger partial charge in [-0.05, 0) is 42.0 Å². The second-order valence-electron chi connectivity index (χ2n) is 5.04. The van der Waals surface area contributed by atoms with E-state index in [0.29, 0.717) is 23.2 Å². The summed E-state index contributed by atoms with van der Waals surface area (Å²) in [5.74, 6) is -0.523. The van der Waals surface area contributed by atoms with E-state index in [0.717, 1.165) is 5.56 Å². The molecule has 0 unspecified atom stereocenters. The lowest BCUT2D eigenvalue weighted by atomic mass is 10.1. The Bertz CT molecular complexity index is 743. The van der Waals surface area contributed by atoms with Crippen LogP contribution in [-0.2, 0) is 11.3 Å². The van der Waals surface area contributed by atoms with E-state index in [-0.39, 0.29) is 5.91 Å². The third-order valence-corrected chi connectivity index (χ3v) is 3.40. The highest BCUT2D eigenvalue weighted by Crippen LogP contribution is 2.11. The number of hydrogen-bond donors (Lipinski definition) is 0. The van der Waals surface area contributed by atoms with Crippen LogP contribution in [0.25, 0.3) is 0 Å². The Morgan fingerprint density at radius 1 is 1.04 bits per heavy atom. The largest absolute Gasteiger partial charge is 0.465 e. The molecule has 0 saturated heterocycles. The highest BCUT2D eigenvalue weighted by atomic mass is 16.5. The van der Waals surface area contributed by atoms with Gasteiger partial charge >= 0.3 is 5.97 Å². The zero-order chi connectivity index (χ0) is 16.8. The molecule has 0 N–H and O–H groups in total. The van der Waals surface area contributed by atoms with Gasteiger partial charge in [-0.1, -0.05) is 12.1 Å². The van der Waals surface area contributed by atoms with Crippen LogP contribution in [0.15, 0.2) is 48.5 Å². The van der Waals surface area contributed by atoms with Gasteiger partial charge in [-0.3, -0.25) is 4.79 Å². The van der Waals surface area contributed by atoms with Gasteiger partial charge < -0.3 is 9.64 Å². The van der Waals surface area contributed by atoms with E-state index in [9.17, 15) is 9.59 Å². The van der Waals surface area contributed by atoms with Crippen LogP contribution < -0.4 is 0 Å². The summed E-state index contributed by atoms with van der Waals surface area (Å²) < 4.78 is 4.65. The van der Waals surface area contributed by atoms with Crippen molar-refractivity contribution >= 4 is 11.9 Å². The molecule has 23 heavy (non-hydrogen) atoms. The van der Waals surface area contributed by atoms with Gasteiger partial charge in [-0.15, -0.1) is 0 Å². The summed E-state index contributed by atoms with van der Waals surface area (Å²) in [5, 5.41) is 8.77. The molecule has 0 spiro atoms. The minimum absolute atomic E-state index is 0.133. The molecule has 0 aliphatic rings. The lowest BCUT2D eigenvalue weighted by Crippen LogP contribution is -2.26. The van der Waals surface area contributed by atoms with Gasteiger partial charge in [0.25, 0.3) is 5.91 Å². The third kappa shape index (κ3) is 3.95. The Morgan fingerprint density at radius 3 is 2.13 bits per heavy atom. The monoisotopic (exact) mass is 308 g/mol. The molecule has 0 fully saturated rings. The van der Waals surface area contributed by atoms with Crippen molar-refractivity contribution in [2.24, 2.45) is 0 Å². The summed E-state index contributed by atoms with van der Waals surface area (Å²) in [4.78, 5) is 25.3. The fourth-order valence-electron chi connectivity index (χ4n) is 2.12. The molecule has 5 nitrogen and oxygen atoms in total. The van der Waals surface area contributed by atoms with Crippen molar-refractivity contribution in [2.45, 2.75) is 6.54 Å². The Kier molecular flexibility index (Phi) is 5.11. The Hall–Kier alpha value is -3.13. The third-order valence-electron chi connectivity index (χ3n) is 3.40. The Labute approximate surface area is 134 Å². The maximum absolute atomic E-state index is 12.3. The zero-order valence-electron chi connectivity index (χ0n) is 12.9. The first kappa shape index (κ1) is 16.2. The van der Waals surface area contributed by atoms with Crippen molar-refractivity contribution < 1.29 is 14.3 Å². The topological polar surface area (TPSA) is 70.4 Å². The van der Waals surface area contributed by atoms with E-state index < -0.39 is 5.97 Å².